The number of aliphatic hydroxyl groups excluding tert-OH is 10. The number of fused-ring (bicyclic) bond motifs is 4. The number of hydrogen-bond acceptors (Lipinski definition) is 17. The highest BCUT2D eigenvalue weighted by Gasteiger charge is 2.79. The minimum atomic E-state index is -1.80. The third-order valence-corrected chi connectivity index (χ3v) is 20.0. The van der Waals surface area contributed by atoms with Crippen LogP contribution < -0.4 is 0 Å². The molecule has 26 atom stereocenters. The van der Waals surface area contributed by atoms with Crippen molar-refractivity contribution in [1.29, 1.82) is 0 Å². The van der Waals surface area contributed by atoms with Gasteiger partial charge in [0.05, 0.1) is 49.3 Å². The van der Waals surface area contributed by atoms with Crippen LogP contribution >= 0.6 is 0 Å². The SMILES string of the molecule is C[C@@H]1O[C@@H](O[C@H]2[C@H](O[C@H]3[C@H](O[C@H]4CC[C@]5(C)[C@H]6C=CC78OC[C@@]9(C[C@@H](O)C(C)(C)C[C@@H]79)[C@H](O)C[C@@]8(C)[C@]6(C)CC[C@H]5C4(C)C)O[C@H](C)[C@H](O)[C@@H]3O)O[C@H](CO)[C@H](O)[C@@H]2O)[C@H](O)[C@@H](O)[C@@H]1O. The van der Waals surface area contributed by atoms with E-state index < -0.39 is 133 Å². The summed E-state index contributed by atoms with van der Waals surface area (Å²) in [5.74, 6) is 0.381. The monoisotopic (exact) mass is 927 g/mol. The summed E-state index contributed by atoms with van der Waals surface area (Å²) in [5, 5.41) is 110. The number of allylic oxidation sites excluding steroid dienone is 1. The molecule has 1 spiro atoms. The Bertz CT molecular complexity index is 1800. The van der Waals surface area contributed by atoms with Gasteiger partial charge in [-0.05, 0) is 92.3 Å². The largest absolute Gasteiger partial charge is 0.394 e. The first-order valence-corrected chi connectivity index (χ1v) is 24.2. The molecule has 4 saturated heterocycles. The Morgan fingerprint density at radius 3 is 1.86 bits per heavy atom. The maximum Gasteiger partial charge on any atom is 0.187 e. The molecule has 1 unspecified atom stereocenters. The number of rotatable bonds is 7. The highest BCUT2D eigenvalue weighted by atomic mass is 16.8. The minimum Gasteiger partial charge on any atom is -0.394 e. The Kier molecular flexibility index (Phi) is 12.3. The lowest BCUT2D eigenvalue weighted by Gasteiger charge is -2.73. The highest BCUT2D eigenvalue weighted by Crippen LogP contribution is 2.79. The lowest BCUT2D eigenvalue weighted by molar-refractivity contribution is -0.396. The average Bonchev–Trinajstić information content (AvgIpc) is 3.50. The first-order chi connectivity index (χ1) is 30.2. The van der Waals surface area contributed by atoms with Crippen molar-refractivity contribution < 1.29 is 84.2 Å². The summed E-state index contributed by atoms with van der Waals surface area (Å²) >= 11 is 0. The van der Waals surface area contributed by atoms with Crippen LogP contribution in [0.5, 0.6) is 0 Å². The van der Waals surface area contributed by atoms with E-state index in [0.29, 0.717) is 25.9 Å². The molecule has 17 nitrogen and oxygen atoms in total. The fraction of sp³-hybridized carbons (Fsp3) is 0.958. The van der Waals surface area contributed by atoms with Gasteiger partial charge in [0.1, 0.15) is 61.0 Å². The quantitative estimate of drug-likeness (QED) is 0.124. The zero-order valence-corrected chi connectivity index (χ0v) is 39.5. The minimum absolute atomic E-state index is 0.0747. The highest BCUT2D eigenvalue weighted by molar-refractivity contribution is 5.36. The van der Waals surface area contributed by atoms with Gasteiger partial charge >= 0.3 is 0 Å². The van der Waals surface area contributed by atoms with Crippen LogP contribution in [-0.4, -0.2) is 180 Å². The Labute approximate surface area is 382 Å². The van der Waals surface area contributed by atoms with Crippen molar-refractivity contribution in [2.45, 2.75) is 223 Å². The molecule has 9 aliphatic rings. The van der Waals surface area contributed by atoms with Gasteiger partial charge in [0, 0.05) is 16.7 Å². The molecule has 0 aromatic heterocycles. The zero-order chi connectivity index (χ0) is 47.4. The Hall–Kier alpha value is -0.940. The van der Waals surface area contributed by atoms with Crippen molar-refractivity contribution in [3.05, 3.63) is 12.2 Å². The van der Waals surface area contributed by atoms with Gasteiger partial charge in [-0.25, -0.2) is 0 Å². The molecule has 4 aliphatic heterocycles. The van der Waals surface area contributed by atoms with E-state index in [1.54, 1.807) is 6.92 Å². The lowest BCUT2D eigenvalue weighted by Crippen LogP contribution is -2.73. The van der Waals surface area contributed by atoms with Crippen molar-refractivity contribution in [2.24, 2.45) is 50.2 Å². The Morgan fingerprint density at radius 2 is 1.20 bits per heavy atom. The van der Waals surface area contributed by atoms with E-state index in [2.05, 4.69) is 60.6 Å². The molecule has 0 radical (unpaired) electrons. The molecule has 4 saturated carbocycles. The molecular weight excluding hydrogens is 849 g/mol. The summed E-state index contributed by atoms with van der Waals surface area (Å²) < 4.78 is 44.2. The van der Waals surface area contributed by atoms with E-state index in [0.717, 1.165) is 25.7 Å². The van der Waals surface area contributed by atoms with Gasteiger partial charge in [-0.15, -0.1) is 0 Å². The predicted octanol–water partition coefficient (Wildman–Crippen LogP) is 0.627. The Balaban J connectivity index is 0.977. The molecule has 4 heterocycles. The van der Waals surface area contributed by atoms with Crippen LogP contribution in [-0.2, 0) is 33.2 Å². The van der Waals surface area contributed by atoms with Crippen molar-refractivity contribution >= 4 is 0 Å². The summed E-state index contributed by atoms with van der Waals surface area (Å²) in [4.78, 5) is 0. The molecule has 372 valence electrons. The molecular formula is C48H78O17. The number of hydrogen-bond donors (Lipinski definition) is 10. The molecule has 9 rings (SSSR count). The lowest BCUT2D eigenvalue weighted by atomic mass is 9.32. The summed E-state index contributed by atoms with van der Waals surface area (Å²) in [6.07, 6.45) is -14.0. The number of ether oxygens (including phenoxy) is 7. The van der Waals surface area contributed by atoms with Crippen molar-refractivity contribution in [3.8, 4) is 0 Å². The summed E-state index contributed by atoms with van der Waals surface area (Å²) in [5.41, 5.74) is -2.62. The standard InChI is InChI=1S/C48H78O17/c1-21-30(52)33(55)36(58)39(60-21)64-38-35(57)32(54)23(19-49)62-41(38)65-37-34(56)31(53)22(2)61-40(37)63-29-12-13-44(7)24(43(29,5)6)10-14-45(8)25(44)11-15-48-26-16-42(3,4)27(50)18-47(26,20-59-48)28(51)17-46(45,48)9/h11,15,21-41,49-58H,10,12-14,16-20H2,1-9H3/t21-,22+,23+,24-,25+,26+,27+,28+,29-,30+,31-,32-,33-,34-,35-,36+,37+,38+,39-,40-,41-,44-,45+,46-,47+,48?/m0/s1. The maximum absolute atomic E-state index is 12.2. The second-order valence-electron chi connectivity index (χ2n) is 23.9. The van der Waals surface area contributed by atoms with Gasteiger partial charge in [-0.1, -0.05) is 60.6 Å². The van der Waals surface area contributed by atoms with Crippen LogP contribution in [0.2, 0.25) is 0 Å². The average molecular weight is 927 g/mol. The van der Waals surface area contributed by atoms with Crippen LogP contribution in [0, 0.1) is 50.2 Å². The smallest absolute Gasteiger partial charge is 0.187 e. The normalized spacial score (nSPS) is 59.2. The summed E-state index contributed by atoms with van der Waals surface area (Å²) in [6.45, 7) is 18.6. The molecule has 10 N–H and O–H groups in total. The van der Waals surface area contributed by atoms with E-state index >= 15 is 0 Å². The molecule has 2 bridgehead atoms. The third kappa shape index (κ3) is 6.87. The zero-order valence-electron chi connectivity index (χ0n) is 39.5. The topological polar surface area (TPSA) is 267 Å². The maximum atomic E-state index is 12.2. The van der Waals surface area contributed by atoms with Crippen LogP contribution in [0.1, 0.15) is 107 Å². The second kappa shape index (κ2) is 16.3. The molecule has 0 aromatic rings. The third-order valence-electron chi connectivity index (χ3n) is 20.0. The van der Waals surface area contributed by atoms with Crippen LogP contribution in [0.25, 0.3) is 0 Å². The van der Waals surface area contributed by atoms with Gasteiger partial charge in [0.25, 0.3) is 0 Å². The first kappa shape index (κ1) is 49.1. The fourth-order valence-electron chi connectivity index (χ4n) is 15.7. The van der Waals surface area contributed by atoms with Crippen molar-refractivity contribution in [3.63, 3.8) is 0 Å². The van der Waals surface area contributed by atoms with Gasteiger partial charge in [-0.2, -0.15) is 0 Å². The second-order valence-corrected chi connectivity index (χ2v) is 23.9. The molecule has 0 amide bonds. The van der Waals surface area contributed by atoms with Gasteiger partial charge in [0.2, 0.25) is 0 Å². The van der Waals surface area contributed by atoms with Crippen molar-refractivity contribution in [2.75, 3.05) is 13.2 Å². The van der Waals surface area contributed by atoms with Crippen LogP contribution in [0.3, 0.4) is 0 Å². The molecule has 8 fully saturated rings. The Morgan fingerprint density at radius 1 is 0.600 bits per heavy atom. The molecule has 65 heavy (non-hydrogen) atoms. The van der Waals surface area contributed by atoms with Gasteiger partial charge in [0.15, 0.2) is 18.9 Å². The number of aliphatic hydroxyl groups is 10. The van der Waals surface area contributed by atoms with Crippen LogP contribution in [0.15, 0.2) is 12.2 Å². The predicted molar refractivity (Wildman–Crippen MR) is 228 cm³/mol. The van der Waals surface area contributed by atoms with Gasteiger partial charge < -0.3 is 84.2 Å². The molecule has 5 aliphatic carbocycles. The fourth-order valence-corrected chi connectivity index (χ4v) is 15.7. The summed E-state index contributed by atoms with van der Waals surface area (Å²) in [7, 11) is 0. The van der Waals surface area contributed by atoms with E-state index in [1.807, 2.05) is 0 Å². The molecule has 17 heteroatoms. The van der Waals surface area contributed by atoms with E-state index in [1.165, 1.54) is 6.92 Å². The first-order valence-electron chi connectivity index (χ1n) is 24.2. The van der Waals surface area contributed by atoms with Gasteiger partial charge in [-0.3, -0.25) is 0 Å². The van der Waals surface area contributed by atoms with Crippen LogP contribution in [0.4, 0.5) is 0 Å². The summed E-state index contributed by atoms with van der Waals surface area (Å²) in [6, 6.07) is 0. The van der Waals surface area contributed by atoms with Crippen molar-refractivity contribution in [1.82, 2.24) is 0 Å². The molecule has 0 aromatic carbocycles. The van der Waals surface area contributed by atoms with E-state index in [-0.39, 0.29) is 39.4 Å². The van der Waals surface area contributed by atoms with E-state index in [9.17, 15) is 51.1 Å². The van der Waals surface area contributed by atoms with E-state index in [4.69, 9.17) is 33.2 Å².